The molecule has 0 aliphatic carbocycles. The van der Waals surface area contributed by atoms with Gasteiger partial charge in [0, 0.05) is 11.4 Å². The van der Waals surface area contributed by atoms with E-state index in [-0.39, 0.29) is 18.1 Å². The summed E-state index contributed by atoms with van der Waals surface area (Å²) in [7, 11) is 0. The van der Waals surface area contributed by atoms with Gasteiger partial charge in [0.25, 0.3) is 0 Å². The SMILES string of the molecule is Cc1ccc(F)cc1NC(=O)Cc1ccc(N)cc1. The molecule has 3 nitrogen and oxygen atoms in total. The second kappa shape index (κ2) is 5.52. The first-order valence-electron chi connectivity index (χ1n) is 5.95. The number of aryl methyl sites for hydroxylation is 1. The van der Waals surface area contributed by atoms with Crippen LogP contribution in [0.4, 0.5) is 15.8 Å². The van der Waals surface area contributed by atoms with E-state index in [0.29, 0.717) is 11.4 Å². The van der Waals surface area contributed by atoms with E-state index in [1.165, 1.54) is 12.1 Å². The lowest BCUT2D eigenvalue weighted by atomic mass is 10.1. The first-order chi connectivity index (χ1) is 9.04. The van der Waals surface area contributed by atoms with E-state index >= 15 is 0 Å². The summed E-state index contributed by atoms with van der Waals surface area (Å²) < 4.78 is 13.1. The number of carbonyl (C=O) groups is 1. The van der Waals surface area contributed by atoms with Gasteiger partial charge >= 0.3 is 0 Å². The van der Waals surface area contributed by atoms with Crippen LogP contribution >= 0.6 is 0 Å². The fourth-order valence-electron chi connectivity index (χ4n) is 1.74. The van der Waals surface area contributed by atoms with E-state index in [4.69, 9.17) is 5.73 Å². The van der Waals surface area contributed by atoms with E-state index in [2.05, 4.69) is 5.32 Å². The first-order valence-corrected chi connectivity index (χ1v) is 5.95. The van der Waals surface area contributed by atoms with Gasteiger partial charge in [0.15, 0.2) is 0 Å². The number of carbonyl (C=O) groups excluding carboxylic acids is 1. The summed E-state index contributed by atoms with van der Waals surface area (Å²) in [4.78, 5) is 11.9. The number of benzene rings is 2. The van der Waals surface area contributed by atoms with Crippen molar-refractivity contribution in [2.24, 2.45) is 0 Å². The summed E-state index contributed by atoms with van der Waals surface area (Å²) in [5, 5.41) is 2.70. The lowest BCUT2D eigenvalue weighted by molar-refractivity contribution is -0.115. The molecule has 2 aromatic rings. The predicted molar refractivity (Wildman–Crippen MR) is 74.3 cm³/mol. The highest BCUT2D eigenvalue weighted by molar-refractivity contribution is 5.93. The van der Waals surface area contributed by atoms with Crippen LogP contribution in [0.5, 0.6) is 0 Å². The maximum atomic E-state index is 13.1. The van der Waals surface area contributed by atoms with E-state index in [1.54, 1.807) is 30.3 Å². The Kier molecular flexibility index (Phi) is 3.80. The number of nitrogens with one attached hydrogen (secondary N) is 1. The third kappa shape index (κ3) is 3.55. The highest BCUT2D eigenvalue weighted by atomic mass is 19.1. The zero-order valence-electron chi connectivity index (χ0n) is 10.6. The monoisotopic (exact) mass is 258 g/mol. The van der Waals surface area contributed by atoms with Crippen LogP contribution in [0.2, 0.25) is 0 Å². The van der Waals surface area contributed by atoms with E-state index < -0.39 is 0 Å². The third-order valence-corrected chi connectivity index (χ3v) is 2.82. The summed E-state index contributed by atoms with van der Waals surface area (Å²) in [6.07, 6.45) is 0.232. The second-order valence-electron chi connectivity index (χ2n) is 4.43. The van der Waals surface area contributed by atoms with Gasteiger partial charge < -0.3 is 11.1 Å². The standard InChI is InChI=1S/C15H15FN2O/c1-10-2-5-12(16)9-14(10)18-15(19)8-11-3-6-13(17)7-4-11/h2-7,9H,8,17H2,1H3,(H,18,19). The number of rotatable bonds is 3. The maximum absolute atomic E-state index is 13.1. The Labute approximate surface area is 111 Å². The van der Waals surface area contributed by atoms with Crippen molar-refractivity contribution >= 4 is 17.3 Å². The number of nitrogens with two attached hydrogens (primary N) is 1. The summed E-state index contributed by atoms with van der Waals surface area (Å²) in [5.41, 5.74) is 8.42. The molecule has 0 heterocycles. The van der Waals surface area contributed by atoms with Crippen LogP contribution in [-0.4, -0.2) is 5.91 Å². The molecule has 0 aliphatic heterocycles. The lowest BCUT2D eigenvalue weighted by Gasteiger charge is -2.08. The number of nitrogen functional groups attached to an aromatic ring is 1. The van der Waals surface area contributed by atoms with Crippen LogP contribution in [-0.2, 0) is 11.2 Å². The Balaban J connectivity index is 2.05. The molecule has 0 aromatic heterocycles. The molecule has 3 N–H and O–H groups in total. The summed E-state index contributed by atoms with van der Waals surface area (Å²) in [5.74, 6) is -0.549. The zero-order chi connectivity index (χ0) is 13.8. The smallest absolute Gasteiger partial charge is 0.228 e. The normalized spacial score (nSPS) is 10.2. The number of amides is 1. The minimum atomic E-state index is -0.367. The van der Waals surface area contributed by atoms with Gasteiger partial charge in [-0.2, -0.15) is 0 Å². The van der Waals surface area contributed by atoms with Crippen molar-refractivity contribution in [1.29, 1.82) is 0 Å². The Morgan fingerprint density at radius 3 is 2.58 bits per heavy atom. The minimum Gasteiger partial charge on any atom is -0.399 e. The number of halogens is 1. The van der Waals surface area contributed by atoms with Crippen LogP contribution in [0.1, 0.15) is 11.1 Å². The van der Waals surface area contributed by atoms with Gasteiger partial charge in [-0.1, -0.05) is 18.2 Å². The number of hydrogen-bond donors (Lipinski definition) is 2. The molecular formula is C15H15FN2O. The molecule has 2 aromatic carbocycles. The molecule has 0 spiro atoms. The molecule has 0 unspecified atom stereocenters. The average Bonchev–Trinajstić information content (AvgIpc) is 2.37. The molecule has 98 valence electrons. The van der Waals surface area contributed by atoms with Gasteiger partial charge in [-0.05, 0) is 42.3 Å². The number of anilines is 2. The van der Waals surface area contributed by atoms with Crippen LogP contribution in [0.3, 0.4) is 0 Å². The predicted octanol–water partition coefficient (Wildman–Crippen LogP) is 2.90. The largest absolute Gasteiger partial charge is 0.399 e. The van der Waals surface area contributed by atoms with E-state index in [9.17, 15) is 9.18 Å². The van der Waals surface area contributed by atoms with Crippen molar-refractivity contribution < 1.29 is 9.18 Å². The minimum absolute atomic E-state index is 0.182. The zero-order valence-corrected chi connectivity index (χ0v) is 10.6. The first kappa shape index (κ1) is 13.1. The van der Waals surface area contributed by atoms with Crippen LogP contribution in [0.25, 0.3) is 0 Å². The Bertz CT molecular complexity index is 594. The Morgan fingerprint density at radius 1 is 1.21 bits per heavy atom. The quantitative estimate of drug-likeness (QED) is 0.832. The second-order valence-corrected chi connectivity index (χ2v) is 4.43. The third-order valence-electron chi connectivity index (χ3n) is 2.82. The van der Waals surface area contributed by atoms with Gasteiger partial charge in [-0.15, -0.1) is 0 Å². The maximum Gasteiger partial charge on any atom is 0.228 e. The summed E-state index contributed by atoms with van der Waals surface area (Å²) >= 11 is 0. The molecule has 0 radical (unpaired) electrons. The van der Waals surface area contributed by atoms with Crippen LogP contribution < -0.4 is 11.1 Å². The lowest BCUT2D eigenvalue weighted by Crippen LogP contribution is -2.15. The molecule has 1 amide bonds. The van der Waals surface area contributed by atoms with Crippen LogP contribution in [0, 0.1) is 12.7 Å². The fraction of sp³-hybridized carbons (Fsp3) is 0.133. The molecule has 19 heavy (non-hydrogen) atoms. The summed E-state index contributed by atoms with van der Waals surface area (Å²) in [6, 6.07) is 11.4. The summed E-state index contributed by atoms with van der Waals surface area (Å²) in [6.45, 7) is 1.82. The number of hydrogen-bond acceptors (Lipinski definition) is 2. The Hall–Kier alpha value is -2.36. The highest BCUT2D eigenvalue weighted by Gasteiger charge is 2.07. The van der Waals surface area contributed by atoms with Gasteiger partial charge in [0.05, 0.1) is 6.42 Å². The highest BCUT2D eigenvalue weighted by Crippen LogP contribution is 2.16. The molecule has 0 bridgehead atoms. The van der Waals surface area contributed by atoms with Gasteiger partial charge in [-0.25, -0.2) is 4.39 Å². The van der Waals surface area contributed by atoms with Gasteiger partial charge in [-0.3, -0.25) is 4.79 Å². The molecule has 0 aliphatic rings. The van der Waals surface area contributed by atoms with Crippen molar-refractivity contribution in [2.75, 3.05) is 11.1 Å². The van der Waals surface area contributed by atoms with Gasteiger partial charge in [0.1, 0.15) is 5.82 Å². The molecule has 0 fully saturated rings. The van der Waals surface area contributed by atoms with E-state index in [0.717, 1.165) is 11.1 Å². The molecule has 0 saturated carbocycles. The molecular weight excluding hydrogens is 243 g/mol. The van der Waals surface area contributed by atoms with Crippen molar-refractivity contribution in [3.63, 3.8) is 0 Å². The van der Waals surface area contributed by atoms with Gasteiger partial charge in [0.2, 0.25) is 5.91 Å². The molecule has 0 saturated heterocycles. The van der Waals surface area contributed by atoms with Crippen molar-refractivity contribution in [3.05, 3.63) is 59.4 Å². The van der Waals surface area contributed by atoms with Crippen molar-refractivity contribution in [3.8, 4) is 0 Å². The van der Waals surface area contributed by atoms with Crippen LogP contribution in [0.15, 0.2) is 42.5 Å². The van der Waals surface area contributed by atoms with Crippen molar-refractivity contribution in [1.82, 2.24) is 0 Å². The average molecular weight is 258 g/mol. The molecule has 0 atom stereocenters. The Morgan fingerprint density at radius 2 is 1.89 bits per heavy atom. The van der Waals surface area contributed by atoms with E-state index in [1.807, 2.05) is 6.92 Å². The molecule has 2 rings (SSSR count). The fourth-order valence-corrected chi connectivity index (χ4v) is 1.74. The van der Waals surface area contributed by atoms with Crippen molar-refractivity contribution in [2.45, 2.75) is 13.3 Å². The molecule has 4 heteroatoms. The topological polar surface area (TPSA) is 55.1 Å².